The summed E-state index contributed by atoms with van der Waals surface area (Å²) in [5, 5.41) is 19.5. The first-order valence-electron chi connectivity index (χ1n) is 6.80. The van der Waals surface area contributed by atoms with E-state index in [1.165, 1.54) is 0 Å². The summed E-state index contributed by atoms with van der Waals surface area (Å²) in [4.78, 5) is 0. The highest BCUT2D eigenvalue weighted by Crippen LogP contribution is 2.24. The fourth-order valence-corrected chi connectivity index (χ4v) is 2.38. The maximum Gasteiger partial charge on any atom is 0.119 e. The van der Waals surface area contributed by atoms with Gasteiger partial charge in [0.05, 0.1) is 25.9 Å². The lowest BCUT2D eigenvalue weighted by Gasteiger charge is -2.26. The number of aliphatic hydroxyl groups excluding tert-OH is 2. The third-order valence-corrected chi connectivity index (χ3v) is 3.61. The van der Waals surface area contributed by atoms with E-state index in [1.54, 1.807) is 7.11 Å². The molecule has 1 aromatic carbocycles. The van der Waals surface area contributed by atoms with Crippen LogP contribution in [-0.2, 0) is 4.74 Å². The van der Waals surface area contributed by atoms with E-state index in [0.29, 0.717) is 0 Å². The van der Waals surface area contributed by atoms with Gasteiger partial charge in [0.25, 0.3) is 0 Å². The summed E-state index contributed by atoms with van der Waals surface area (Å²) in [5.74, 6) is 0.734. The molecule has 1 fully saturated rings. The summed E-state index contributed by atoms with van der Waals surface area (Å²) in [6.07, 6.45) is 2.66. The van der Waals surface area contributed by atoms with Crippen molar-refractivity contribution in [1.82, 2.24) is 0 Å². The Bertz CT molecular complexity index is 385. The molecule has 1 unspecified atom stereocenters. The van der Waals surface area contributed by atoms with E-state index in [-0.39, 0.29) is 18.8 Å². The molecule has 1 aromatic rings. The van der Waals surface area contributed by atoms with Crippen molar-refractivity contribution in [2.24, 2.45) is 0 Å². The molecule has 1 aliphatic rings. The van der Waals surface area contributed by atoms with E-state index in [9.17, 15) is 10.2 Å². The van der Waals surface area contributed by atoms with E-state index in [0.717, 1.165) is 37.0 Å². The van der Waals surface area contributed by atoms with Gasteiger partial charge < -0.3 is 19.7 Å². The standard InChI is InChI=1S/C15H22O4/c1-18-14-4-2-3-11(9-14)15(17)10-19-13-7-5-12(16)6-8-13/h2-4,9,12-13,15-17H,5-8,10H2,1H3. The SMILES string of the molecule is COc1cccc(C(O)COC2CCC(O)CC2)c1. The van der Waals surface area contributed by atoms with E-state index >= 15 is 0 Å². The lowest BCUT2D eigenvalue weighted by molar-refractivity contribution is -0.0406. The molecule has 4 heteroatoms. The van der Waals surface area contributed by atoms with Crippen LogP contribution in [0.15, 0.2) is 24.3 Å². The number of ether oxygens (including phenoxy) is 2. The molecular weight excluding hydrogens is 244 g/mol. The highest BCUT2D eigenvalue weighted by atomic mass is 16.5. The average molecular weight is 266 g/mol. The summed E-state index contributed by atoms with van der Waals surface area (Å²) in [5.41, 5.74) is 0.801. The number of benzene rings is 1. The Labute approximate surface area is 114 Å². The smallest absolute Gasteiger partial charge is 0.119 e. The van der Waals surface area contributed by atoms with Gasteiger partial charge >= 0.3 is 0 Å². The number of hydrogen-bond acceptors (Lipinski definition) is 4. The summed E-state index contributed by atoms with van der Waals surface area (Å²) in [6.45, 7) is 0.286. The maximum atomic E-state index is 10.1. The Morgan fingerprint density at radius 3 is 2.68 bits per heavy atom. The van der Waals surface area contributed by atoms with E-state index in [2.05, 4.69) is 0 Å². The second-order valence-corrected chi connectivity index (χ2v) is 5.06. The van der Waals surface area contributed by atoms with Crippen molar-refractivity contribution >= 4 is 0 Å². The Balaban J connectivity index is 1.81. The van der Waals surface area contributed by atoms with Crippen LogP contribution < -0.4 is 4.74 Å². The zero-order chi connectivity index (χ0) is 13.7. The van der Waals surface area contributed by atoms with Crippen LogP contribution in [0, 0.1) is 0 Å². The second-order valence-electron chi connectivity index (χ2n) is 5.06. The fraction of sp³-hybridized carbons (Fsp3) is 0.600. The van der Waals surface area contributed by atoms with Crippen molar-refractivity contribution in [2.75, 3.05) is 13.7 Å². The molecule has 2 rings (SSSR count). The second kappa shape index (κ2) is 6.89. The van der Waals surface area contributed by atoms with Crippen molar-refractivity contribution in [3.05, 3.63) is 29.8 Å². The van der Waals surface area contributed by atoms with Gasteiger partial charge in [0.1, 0.15) is 11.9 Å². The van der Waals surface area contributed by atoms with Crippen LogP contribution in [0.1, 0.15) is 37.4 Å². The maximum absolute atomic E-state index is 10.1. The van der Waals surface area contributed by atoms with Crippen LogP contribution in [0.25, 0.3) is 0 Å². The minimum atomic E-state index is -0.637. The quantitative estimate of drug-likeness (QED) is 0.856. The van der Waals surface area contributed by atoms with Gasteiger partial charge in [-0.25, -0.2) is 0 Å². The summed E-state index contributed by atoms with van der Waals surface area (Å²) >= 11 is 0. The largest absolute Gasteiger partial charge is 0.497 e. The number of hydrogen-bond donors (Lipinski definition) is 2. The molecule has 19 heavy (non-hydrogen) atoms. The van der Waals surface area contributed by atoms with Gasteiger partial charge in [0.15, 0.2) is 0 Å². The van der Waals surface area contributed by atoms with Crippen molar-refractivity contribution in [3.63, 3.8) is 0 Å². The Kier molecular flexibility index (Phi) is 5.19. The van der Waals surface area contributed by atoms with Crippen LogP contribution >= 0.6 is 0 Å². The fourth-order valence-electron chi connectivity index (χ4n) is 2.38. The van der Waals surface area contributed by atoms with Gasteiger partial charge in [-0.15, -0.1) is 0 Å². The van der Waals surface area contributed by atoms with Crippen LogP contribution in [-0.4, -0.2) is 36.1 Å². The Morgan fingerprint density at radius 1 is 1.26 bits per heavy atom. The van der Waals surface area contributed by atoms with Gasteiger partial charge in [0.2, 0.25) is 0 Å². The molecule has 0 aromatic heterocycles. The van der Waals surface area contributed by atoms with Crippen molar-refractivity contribution in [3.8, 4) is 5.75 Å². The van der Waals surface area contributed by atoms with Crippen molar-refractivity contribution in [2.45, 2.75) is 44.0 Å². The normalized spacial score (nSPS) is 25.0. The van der Waals surface area contributed by atoms with E-state index in [1.807, 2.05) is 24.3 Å². The molecule has 1 saturated carbocycles. The van der Waals surface area contributed by atoms with Crippen LogP contribution in [0.5, 0.6) is 5.75 Å². The highest BCUT2D eigenvalue weighted by Gasteiger charge is 2.21. The van der Waals surface area contributed by atoms with Crippen LogP contribution in [0.4, 0.5) is 0 Å². The molecule has 0 aliphatic heterocycles. The van der Waals surface area contributed by atoms with Crippen molar-refractivity contribution in [1.29, 1.82) is 0 Å². The molecule has 4 nitrogen and oxygen atoms in total. The lowest BCUT2D eigenvalue weighted by atomic mass is 9.95. The first-order valence-corrected chi connectivity index (χ1v) is 6.80. The molecule has 106 valence electrons. The topological polar surface area (TPSA) is 58.9 Å². The molecule has 0 heterocycles. The average Bonchev–Trinajstić information content (AvgIpc) is 2.46. The number of aliphatic hydroxyl groups is 2. The monoisotopic (exact) mass is 266 g/mol. The van der Waals surface area contributed by atoms with Gasteiger partial charge in [-0.05, 0) is 43.4 Å². The first kappa shape index (κ1) is 14.3. The number of methoxy groups -OCH3 is 1. The summed E-state index contributed by atoms with van der Waals surface area (Å²) in [7, 11) is 1.61. The van der Waals surface area contributed by atoms with Gasteiger partial charge in [-0.1, -0.05) is 12.1 Å². The molecule has 1 atom stereocenters. The zero-order valence-corrected chi connectivity index (χ0v) is 11.3. The minimum absolute atomic E-state index is 0.156. The summed E-state index contributed by atoms with van der Waals surface area (Å²) < 4.78 is 10.9. The molecule has 0 saturated heterocycles. The molecule has 0 spiro atoms. The molecule has 1 aliphatic carbocycles. The lowest BCUT2D eigenvalue weighted by Crippen LogP contribution is -2.25. The van der Waals surface area contributed by atoms with Crippen LogP contribution in [0.2, 0.25) is 0 Å². The molecule has 0 amide bonds. The van der Waals surface area contributed by atoms with Gasteiger partial charge in [-0.2, -0.15) is 0 Å². The molecule has 2 N–H and O–H groups in total. The predicted molar refractivity (Wildman–Crippen MR) is 72.2 cm³/mol. The van der Waals surface area contributed by atoms with E-state index < -0.39 is 6.10 Å². The van der Waals surface area contributed by atoms with E-state index in [4.69, 9.17) is 9.47 Å². The Hall–Kier alpha value is -1.10. The third-order valence-electron chi connectivity index (χ3n) is 3.61. The zero-order valence-electron chi connectivity index (χ0n) is 11.3. The van der Waals surface area contributed by atoms with Crippen molar-refractivity contribution < 1.29 is 19.7 Å². The Morgan fingerprint density at radius 2 is 2.00 bits per heavy atom. The highest BCUT2D eigenvalue weighted by molar-refractivity contribution is 5.29. The predicted octanol–water partition coefficient (Wildman–Crippen LogP) is 2.05. The molecule has 0 radical (unpaired) electrons. The number of rotatable bonds is 5. The minimum Gasteiger partial charge on any atom is -0.497 e. The summed E-state index contributed by atoms with van der Waals surface area (Å²) in [6, 6.07) is 7.38. The van der Waals surface area contributed by atoms with Gasteiger partial charge in [0, 0.05) is 0 Å². The molecule has 0 bridgehead atoms. The van der Waals surface area contributed by atoms with Gasteiger partial charge in [-0.3, -0.25) is 0 Å². The first-order chi connectivity index (χ1) is 9.19. The molecular formula is C15H22O4. The van der Waals surface area contributed by atoms with Crippen LogP contribution in [0.3, 0.4) is 0 Å². The third kappa shape index (κ3) is 4.20.